The van der Waals surface area contributed by atoms with Crippen LogP contribution in [0.25, 0.3) is 0 Å². The Kier molecular flexibility index (Phi) is 4.85. The van der Waals surface area contributed by atoms with Crippen LogP contribution in [0.5, 0.6) is 0 Å². The lowest BCUT2D eigenvalue weighted by Gasteiger charge is -2.36. The summed E-state index contributed by atoms with van der Waals surface area (Å²) >= 11 is 0. The Morgan fingerprint density at radius 2 is 1.74 bits per heavy atom. The Labute approximate surface area is 119 Å². The first-order chi connectivity index (χ1) is 8.43. The van der Waals surface area contributed by atoms with Crippen molar-refractivity contribution >= 4 is 21.8 Å². The van der Waals surface area contributed by atoms with Gasteiger partial charge in [-0.2, -0.15) is 0 Å². The first-order valence-electron chi connectivity index (χ1n) is 7.03. The van der Waals surface area contributed by atoms with E-state index in [-0.39, 0.29) is 5.04 Å². The molecule has 0 aliphatic rings. The lowest BCUT2D eigenvalue weighted by atomic mass is 10.2. The van der Waals surface area contributed by atoms with Crippen LogP contribution in [0.1, 0.15) is 26.5 Å². The van der Waals surface area contributed by atoms with Gasteiger partial charge in [-0.25, -0.2) is 0 Å². The van der Waals surface area contributed by atoms with Gasteiger partial charge in [0.2, 0.25) is 0 Å². The second-order valence-corrected chi connectivity index (χ2v) is 17.6. The normalized spacial score (nSPS) is 13.9. The zero-order valence-electron chi connectivity index (χ0n) is 13.8. The van der Waals surface area contributed by atoms with Crippen LogP contribution in [0, 0.1) is 0 Å². The zero-order valence-corrected chi connectivity index (χ0v) is 15.8. The van der Waals surface area contributed by atoms with Gasteiger partial charge in [0.05, 0.1) is 5.69 Å². The molecule has 0 unspecified atom stereocenters. The molecule has 0 radical (unpaired) electrons. The van der Waals surface area contributed by atoms with E-state index in [1.165, 1.54) is 0 Å². The average molecular weight is 300 g/mol. The van der Waals surface area contributed by atoms with Gasteiger partial charge in [0, 0.05) is 13.0 Å². The molecular weight excluding hydrogens is 270 g/mol. The van der Waals surface area contributed by atoms with Crippen molar-refractivity contribution in [3.05, 3.63) is 11.8 Å². The molecule has 110 valence electrons. The molecule has 5 heteroatoms. The molecule has 0 bridgehead atoms. The van der Waals surface area contributed by atoms with E-state index in [1.54, 1.807) is 0 Å². The Balaban J connectivity index is 2.53. The zero-order chi connectivity index (χ0) is 14.9. The summed E-state index contributed by atoms with van der Waals surface area (Å²) in [7, 11) is -3.02. The quantitative estimate of drug-likeness (QED) is 0.776. The summed E-state index contributed by atoms with van der Waals surface area (Å²) in [4.78, 5) is 0. The van der Waals surface area contributed by atoms with Crippen LogP contribution in [0.2, 0.25) is 37.8 Å². The molecule has 0 saturated heterocycles. The van der Waals surface area contributed by atoms with E-state index in [4.69, 9.17) is 8.95 Å². The molecule has 0 aliphatic carbocycles. The molecule has 0 aliphatic heterocycles. The van der Waals surface area contributed by atoms with Gasteiger partial charge in [-0.3, -0.25) is 0 Å². The molecular formula is C14H29NO2Si2. The minimum atomic E-state index is -1.64. The van der Waals surface area contributed by atoms with E-state index in [9.17, 15) is 0 Å². The van der Waals surface area contributed by atoms with Crippen molar-refractivity contribution in [2.45, 2.75) is 65.0 Å². The van der Waals surface area contributed by atoms with Gasteiger partial charge < -0.3 is 8.95 Å². The molecule has 0 aromatic carbocycles. The predicted molar refractivity (Wildman–Crippen MR) is 86.3 cm³/mol. The third kappa shape index (κ3) is 4.58. The number of aromatic nitrogens is 1. The summed E-state index contributed by atoms with van der Waals surface area (Å²) in [5, 5.41) is 5.50. The van der Waals surface area contributed by atoms with Gasteiger partial charge in [0.15, 0.2) is 8.32 Å². The summed E-state index contributed by atoms with van der Waals surface area (Å²) in [5.41, 5.74) is 1.02. The van der Waals surface area contributed by atoms with Gasteiger partial charge >= 0.3 is 0 Å². The van der Waals surface area contributed by atoms with Gasteiger partial charge in [-0.1, -0.05) is 45.6 Å². The summed E-state index contributed by atoms with van der Waals surface area (Å²) in [6, 6.07) is 2.11. The molecule has 0 N–H and O–H groups in total. The maximum absolute atomic E-state index is 6.16. The fraction of sp³-hybridized carbons (Fsp3) is 0.786. The van der Waals surface area contributed by atoms with Gasteiger partial charge in [-0.15, -0.1) is 0 Å². The lowest BCUT2D eigenvalue weighted by molar-refractivity contribution is 0.288. The number of hydrogen-bond acceptors (Lipinski definition) is 3. The van der Waals surface area contributed by atoms with Crippen molar-refractivity contribution in [2.75, 3.05) is 6.61 Å². The van der Waals surface area contributed by atoms with Crippen LogP contribution in [0.3, 0.4) is 0 Å². The fourth-order valence-corrected chi connectivity index (χ4v) is 3.37. The van der Waals surface area contributed by atoms with Crippen molar-refractivity contribution in [1.82, 2.24) is 5.16 Å². The summed E-state index contributed by atoms with van der Waals surface area (Å²) in [6.45, 7) is 18.9. The summed E-state index contributed by atoms with van der Waals surface area (Å²) < 4.78 is 11.6. The molecule has 1 rings (SSSR count). The van der Waals surface area contributed by atoms with Gasteiger partial charge in [0.25, 0.3) is 0 Å². The highest BCUT2D eigenvalue weighted by atomic mass is 28.4. The Hall–Kier alpha value is -0.396. The largest absolute Gasteiger partial charge is 0.416 e. The highest BCUT2D eigenvalue weighted by Gasteiger charge is 2.36. The first kappa shape index (κ1) is 16.7. The molecule has 1 aromatic heterocycles. The second-order valence-electron chi connectivity index (χ2n) is 7.79. The summed E-state index contributed by atoms with van der Waals surface area (Å²) in [6.07, 6.45) is 0.848. The van der Waals surface area contributed by atoms with E-state index >= 15 is 0 Å². The van der Waals surface area contributed by atoms with E-state index in [2.05, 4.69) is 64.7 Å². The topological polar surface area (TPSA) is 35.3 Å². The standard InChI is InChI=1S/C14H29NO2Si2/c1-14(2,3)19(7,8)16-10-9-12-11-13(17-15-12)18(4,5)6/h11H,9-10H2,1-8H3. The minimum absolute atomic E-state index is 0.264. The van der Waals surface area contributed by atoms with Crippen molar-refractivity contribution in [1.29, 1.82) is 0 Å². The molecule has 1 aromatic rings. The van der Waals surface area contributed by atoms with Crippen molar-refractivity contribution < 1.29 is 8.95 Å². The van der Waals surface area contributed by atoms with E-state index in [0.29, 0.717) is 0 Å². The SMILES string of the molecule is CC(C)(C)[Si](C)(C)OCCc1cc([Si](C)(C)C)on1. The molecule has 0 saturated carbocycles. The molecule has 0 spiro atoms. The number of hydrogen-bond donors (Lipinski definition) is 0. The predicted octanol–water partition coefficient (Wildman–Crippen LogP) is 3.78. The number of nitrogens with zero attached hydrogens (tertiary/aromatic N) is 1. The van der Waals surface area contributed by atoms with Crippen LogP contribution in [-0.4, -0.2) is 28.2 Å². The molecule has 1 heterocycles. The van der Waals surface area contributed by atoms with Gasteiger partial charge in [-0.05, 0) is 24.2 Å². The van der Waals surface area contributed by atoms with E-state index < -0.39 is 16.4 Å². The Bertz CT molecular complexity index is 414. The smallest absolute Gasteiger partial charge is 0.191 e. The molecule has 3 nitrogen and oxygen atoms in total. The second kappa shape index (κ2) is 5.54. The monoisotopic (exact) mass is 299 g/mol. The maximum atomic E-state index is 6.16. The average Bonchev–Trinajstić information content (AvgIpc) is 2.63. The van der Waals surface area contributed by atoms with Crippen LogP contribution >= 0.6 is 0 Å². The van der Waals surface area contributed by atoms with Crippen molar-refractivity contribution in [2.24, 2.45) is 0 Å². The fourth-order valence-electron chi connectivity index (χ4n) is 1.41. The Morgan fingerprint density at radius 1 is 1.16 bits per heavy atom. The van der Waals surface area contributed by atoms with Crippen LogP contribution in [0.15, 0.2) is 10.6 Å². The van der Waals surface area contributed by atoms with E-state index in [1.807, 2.05) is 0 Å². The van der Waals surface area contributed by atoms with E-state index in [0.717, 1.165) is 24.1 Å². The third-order valence-corrected chi connectivity index (χ3v) is 10.2. The highest BCUT2D eigenvalue weighted by molar-refractivity contribution is 6.87. The van der Waals surface area contributed by atoms with Gasteiger partial charge in [0.1, 0.15) is 13.5 Å². The molecule has 0 atom stereocenters. The lowest BCUT2D eigenvalue weighted by Crippen LogP contribution is -2.41. The number of rotatable bonds is 5. The summed E-state index contributed by atoms with van der Waals surface area (Å²) in [5.74, 6) is 0. The maximum Gasteiger partial charge on any atom is 0.191 e. The Morgan fingerprint density at radius 3 is 2.16 bits per heavy atom. The van der Waals surface area contributed by atoms with Crippen molar-refractivity contribution in [3.8, 4) is 0 Å². The van der Waals surface area contributed by atoms with Crippen molar-refractivity contribution in [3.63, 3.8) is 0 Å². The van der Waals surface area contributed by atoms with Crippen LogP contribution < -0.4 is 5.38 Å². The first-order valence-corrected chi connectivity index (χ1v) is 13.4. The van der Waals surface area contributed by atoms with Crippen LogP contribution in [-0.2, 0) is 10.8 Å². The molecule has 0 amide bonds. The molecule has 0 fully saturated rings. The minimum Gasteiger partial charge on any atom is -0.416 e. The highest BCUT2D eigenvalue weighted by Crippen LogP contribution is 2.36. The third-order valence-electron chi connectivity index (χ3n) is 3.93. The molecule has 19 heavy (non-hydrogen) atoms. The van der Waals surface area contributed by atoms with Crippen LogP contribution in [0.4, 0.5) is 0 Å².